The Bertz CT molecular complexity index is 459. The second-order valence-corrected chi connectivity index (χ2v) is 5.62. The molecule has 3 heterocycles. The largest absolute Gasteiger partial charge is 0.375 e. The van der Waals surface area contributed by atoms with Gasteiger partial charge in [0.05, 0.1) is 11.8 Å². The normalized spacial score (nSPS) is 27.0. The van der Waals surface area contributed by atoms with Crippen molar-refractivity contribution in [2.45, 2.75) is 44.9 Å². The predicted molar refractivity (Wildman–Crippen MR) is 76.6 cm³/mol. The minimum atomic E-state index is 0.113. The lowest BCUT2D eigenvalue weighted by Crippen LogP contribution is -2.55. The molecule has 2 aliphatic heterocycles. The molecule has 0 spiro atoms. The minimum absolute atomic E-state index is 0.113. The molecule has 0 radical (unpaired) electrons. The summed E-state index contributed by atoms with van der Waals surface area (Å²) in [4.78, 5) is 7.40. The number of hydrogen-bond donors (Lipinski definition) is 1. The summed E-state index contributed by atoms with van der Waals surface area (Å²) >= 11 is 0. The van der Waals surface area contributed by atoms with Gasteiger partial charge in [-0.2, -0.15) is 0 Å². The van der Waals surface area contributed by atoms with Crippen molar-refractivity contribution < 1.29 is 4.74 Å². The monoisotopic (exact) mass is 261 g/mol. The van der Waals surface area contributed by atoms with E-state index >= 15 is 0 Å². The number of nitrogens with zero attached hydrogens (tertiary/aromatic N) is 2. The number of methoxy groups -OCH3 is 1. The van der Waals surface area contributed by atoms with Gasteiger partial charge in [-0.05, 0) is 31.4 Å². The van der Waals surface area contributed by atoms with Gasteiger partial charge < -0.3 is 15.0 Å². The number of rotatable bonds is 3. The molecule has 4 nitrogen and oxygen atoms in total. The number of anilines is 1. The first-order valence-corrected chi connectivity index (χ1v) is 7.26. The van der Waals surface area contributed by atoms with Crippen LogP contribution in [0, 0.1) is 0 Å². The highest BCUT2D eigenvalue weighted by molar-refractivity contribution is 5.56. The Morgan fingerprint density at radius 1 is 1.47 bits per heavy atom. The second-order valence-electron chi connectivity index (χ2n) is 5.62. The second kappa shape index (κ2) is 5.10. The van der Waals surface area contributed by atoms with Crippen molar-refractivity contribution in [2.75, 3.05) is 25.1 Å². The van der Waals surface area contributed by atoms with Crippen LogP contribution < -0.4 is 10.2 Å². The smallest absolute Gasteiger partial charge is 0.132 e. The van der Waals surface area contributed by atoms with Gasteiger partial charge in [0.25, 0.3) is 0 Å². The Morgan fingerprint density at radius 3 is 3.05 bits per heavy atom. The molecule has 1 aromatic rings. The van der Waals surface area contributed by atoms with Crippen LogP contribution in [0.4, 0.5) is 5.82 Å². The van der Waals surface area contributed by atoms with Crippen LogP contribution in [0.5, 0.6) is 0 Å². The number of ether oxygens (including phenoxy) is 1. The number of piperazine rings is 1. The zero-order valence-corrected chi connectivity index (χ0v) is 12.0. The Balaban J connectivity index is 1.95. The van der Waals surface area contributed by atoms with Crippen LogP contribution in [0.2, 0.25) is 0 Å². The fraction of sp³-hybridized carbons (Fsp3) is 0.667. The van der Waals surface area contributed by atoms with Gasteiger partial charge in [-0.1, -0.05) is 13.0 Å². The van der Waals surface area contributed by atoms with E-state index in [1.807, 2.05) is 0 Å². The minimum Gasteiger partial charge on any atom is -0.375 e. The molecule has 1 fully saturated rings. The van der Waals surface area contributed by atoms with Crippen LogP contribution >= 0.6 is 0 Å². The highest BCUT2D eigenvalue weighted by Crippen LogP contribution is 2.34. The SMILES string of the molecule is CCC(OC)c1ccc2c(n1)N1[C@@H](CNC[C@H]1C)C2. The van der Waals surface area contributed by atoms with Crippen LogP contribution in [0.1, 0.15) is 37.6 Å². The molecule has 1 saturated heterocycles. The van der Waals surface area contributed by atoms with E-state index in [1.165, 1.54) is 11.4 Å². The van der Waals surface area contributed by atoms with E-state index in [1.54, 1.807) is 7.11 Å². The Hall–Kier alpha value is -1.13. The number of fused-ring (bicyclic) bond motifs is 3. The van der Waals surface area contributed by atoms with Crippen LogP contribution in [-0.4, -0.2) is 37.3 Å². The van der Waals surface area contributed by atoms with E-state index in [4.69, 9.17) is 9.72 Å². The van der Waals surface area contributed by atoms with Crippen molar-refractivity contribution in [2.24, 2.45) is 0 Å². The summed E-state index contributed by atoms with van der Waals surface area (Å²) in [5.41, 5.74) is 2.45. The summed E-state index contributed by atoms with van der Waals surface area (Å²) in [5, 5.41) is 3.51. The molecular weight excluding hydrogens is 238 g/mol. The third kappa shape index (κ3) is 2.13. The Kier molecular flexibility index (Phi) is 3.46. The molecular formula is C15H23N3O. The summed E-state index contributed by atoms with van der Waals surface area (Å²) in [6.45, 7) is 6.52. The molecule has 0 bridgehead atoms. The lowest BCUT2D eigenvalue weighted by molar-refractivity contribution is 0.0965. The standard InChI is InChI=1S/C15H23N3O/c1-4-14(19-3)13-6-5-11-7-12-9-16-8-10(2)18(12)15(11)17-13/h5-6,10,12,14,16H,4,7-9H2,1-3H3/t10-,12-,14?/m1/s1. The van der Waals surface area contributed by atoms with Crippen molar-refractivity contribution in [1.82, 2.24) is 10.3 Å². The molecule has 1 aromatic heterocycles. The van der Waals surface area contributed by atoms with Crippen LogP contribution in [-0.2, 0) is 11.2 Å². The molecule has 3 atom stereocenters. The van der Waals surface area contributed by atoms with E-state index in [-0.39, 0.29) is 6.10 Å². The number of hydrogen-bond acceptors (Lipinski definition) is 4. The molecule has 0 aromatic carbocycles. The number of nitrogens with one attached hydrogen (secondary N) is 1. The quantitative estimate of drug-likeness (QED) is 0.902. The maximum Gasteiger partial charge on any atom is 0.132 e. The van der Waals surface area contributed by atoms with Crippen molar-refractivity contribution in [1.29, 1.82) is 0 Å². The molecule has 3 rings (SSSR count). The Labute approximate surface area is 115 Å². The maximum atomic E-state index is 5.51. The lowest BCUT2D eigenvalue weighted by atomic mass is 10.1. The van der Waals surface area contributed by atoms with Crippen LogP contribution in [0.25, 0.3) is 0 Å². The van der Waals surface area contributed by atoms with Crippen molar-refractivity contribution >= 4 is 5.82 Å². The Morgan fingerprint density at radius 2 is 2.32 bits per heavy atom. The molecule has 4 heteroatoms. The highest BCUT2D eigenvalue weighted by Gasteiger charge is 2.36. The maximum absolute atomic E-state index is 5.51. The molecule has 2 aliphatic rings. The molecule has 0 saturated carbocycles. The summed E-state index contributed by atoms with van der Waals surface area (Å²) < 4.78 is 5.51. The summed E-state index contributed by atoms with van der Waals surface area (Å²) in [6.07, 6.45) is 2.19. The lowest BCUT2D eigenvalue weighted by Gasteiger charge is -2.37. The average molecular weight is 261 g/mol. The van der Waals surface area contributed by atoms with Gasteiger partial charge >= 0.3 is 0 Å². The third-order valence-corrected chi connectivity index (χ3v) is 4.35. The fourth-order valence-electron chi connectivity index (χ4n) is 3.37. The molecule has 104 valence electrons. The van der Waals surface area contributed by atoms with Gasteiger partial charge in [-0.15, -0.1) is 0 Å². The fourth-order valence-corrected chi connectivity index (χ4v) is 3.37. The summed E-state index contributed by atoms with van der Waals surface area (Å²) in [7, 11) is 1.76. The zero-order chi connectivity index (χ0) is 13.4. The average Bonchev–Trinajstić information content (AvgIpc) is 2.79. The predicted octanol–water partition coefficient (Wildman–Crippen LogP) is 1.90. The number of pyridine rings is 1. The van der Waals surface area contributed by atoms with Gasteiger partial charge in [0.1, 0.15) is 5.82 Å². The van der Waals surface area contributed by atoms with Crippen LogP contribution in [0.3, 0.4) is 0 Å². The van der Waals surface area contributed by atoms with Crippen molar-refractivity contribution in [3.63, 3.8) is 0 Å². The van der Waals surface area contributed by atoms with Crippen molar-refractivity contribution in [3.8, 4) is 0 Å². The number of aromatic nitrogens is 1. The summed E-state index contributed by atoms with van der Waals surface area (Å²) in [6, 6.07) is 5.46. The molecule has 0 aliphatic carbocycles. The molecule has 19 heavy (non-hydrogen) atoms. The van der Waals surface area contributed by atoms with Gasteiger partial charge in [0, 0.05) is 32.3 Å². The van der Waals surface area contributed by atoms with E-state index in [0.717, 1.165) is 31.6 Å². The van der Waals surface area contributed by atoms with E-state index < -0.39 is 0 Å². The first-order chi connectivity index (χ1) is 9.24. The van der Waals surface area contributed by atoms with E-state index in [0.29, 0.717) is 12.1 Å². The first-order valence-electron chi connectivity index (χ1n) is 7.26. The first kappa shape index (κ1) is 12.9. The third-order valence-electron chi connectivity index (χ3n) is 4.35. The van der Waals surface area contributed by atoms with Gasteiger partial charge in [0.15, 0.2) is 0 Å². The molecule has 0 amide bonds. The van der Waals surface area contributed by atoms with Gasteiger partial charge in [0.2, 0.25) is 0 Å². The van der Waals surface area contributed by atoms with Crippen molar-refractivity contribution in [3.05, 3.63) is 23.4 Å². The topological polar surface area (TPSA) is 37.4 Å². The van der Waals surface area contributed by atoms with Gasteiger partial charge in [-0.3, -0.25) is 0 Å². The van der Waals surface area contributed by atoms with E-state index in [2.05, 4.69) is 36.2 Å². The molecule has 1 unspecified atom stereocenters. The molecule has 1 N–H and O–H groups in total. The van der Waals surface area contributed by atoms with E-state index in [9.17, 15) is 0 Å². The zero-order valence-electron chi connectivity index (χ0n) is 12.0. The van der Waals surface area contributed by atoms with Crippen LogP contribution in [0.15, 0.2) is 12.1 Å². The highest BCUT2D eigenvalue weighted by atomic mass is 16.5. The summed E-state index contributed by atoms with van der Waals surface area (Å²) in [5.74, 6) is 1.19. The van der Waals surface area contributed by atoms with Gasteiger partial charge in [-0.25, -0.2) is 4.98 Å².